The fourth-order valence-electron chi connectivity index (χ4n) is 6.57. The quantitative estimate of drug-likeness (QED) is 0.508. The summed E-state index contributed by atoms with van der Waals surface area (Å²) in [6, 6.07) is 10.5. The van der Waals surface area contributed by atoms with E-state index in [1.165, 1.54) is 56.9 Å². The van der Waals surface area contributed by atoms with Gasteiger partial charge in [-0.1, -0.05) is 54.3 Å². The van der Waals surface area contributed by atoms with Crippen LogP contribution in [0.15, 0.2) is 41.5 Å². The summed E-state index contributed by atoms with van der Waals surface area (Å²) in [6.45, 7) is 2.19. The van der Waals surface area contributed by atoms with Gasteiger partial charge in [-0.2, -0.15) is 0 Å². The lowest BCUT2D eigenvalue weighted by molar-refractivity contribution is -0.151. The molecule has 5 atom stereocenters. The van der Waals surface area contributed by atoms with E-state index in [2.05, 4.69) is 31.2 Å². The van der Waals surface area contributed by atoms with Crippen molar-refractivity contribution in [3.63, 3.8) is 0 Å². The fourth-order valence-corrected chi connectivity index (χ4v) is 6.57. The highest BCUT2D eigenvalue weighted by Gasteiger charge is 2.62. The monoisotopic (exact) mass is 336 g/mol. The van der Waals surface area contributed by atoms with Crippen LogP contribution in [-0.2, 0) is 15.1 Å². The van der Waals surface area contributed by atoms with Gasteiger partial charge in [-0.15, -0.1) is 0 Å². The number of cyclic esters (lactones) is 1. The highest BCUT2D eigenvalue weighted by Crippen LogP contribution is 2.61. The third-order valence-electron chi connectivity index (χ3n) is 7.55. The highest BCUT2D eigenvalue weighted by atomic mass is 16.6. The summed E-state index contributed by atoms with van der Waals surface area (Å²) in [5, 5.41) is 0. The fraction of sp³-hybridized carbons (Fsp3) is 0.609. The number of benzene rings is 1. The predicted octanol–water partition coefficient (Wildman–Crippen LogP) is 5.38. The summed E-state index contributed by atoms with van der Waals surface area (Å²) in [5.41, 5.74) is 4.13. The molecule has 0 radical (unpaired) electrons. The number of fused-ring (bicyclic) bond motifs is 5. The van der Waals surface area contributed by atoms with E-state index in [1.807, 2.05) is 6.07 Å². The van der Waals surface area contributed by atoms with E-state index in [0.717, 1.165) is 0 Å². The van der Waals surface area contributed by atoms with E-state index in [9.17, 15) is 4.79 Å². The van der Waals surface area contributed by atoms with Crippen molar-refractivity contribution in [2.75, 3.05) is 0 Å². The lowest BCUT2D eigenvalue weighted by atomic mass is 9.54. The van der Waals surface area contributed by atoms with Crippen LogP contribution in [0.2, 0.25) is 0 Å². The molecule has 132 valence electrons. The zero-order chi connectivity index (χ0) is 17.0. The van der Waals surface area contributed by atoms with Gasteiger partial charge in [0.2, 0.25) is 0 Å². The zero-order valence-corrected chi connectivity index (χ0v) is 15.2. The number of allylic oxidation sites excluding steroid dienone is 2. The van der Waals surface area contributed by atoms with Gasteiger partial charge in [0.1, 0.15) is 5.60 Å². The SMILES string of the molecule is C[C@@]1(c2ccccc2)OC(=O)[C@@H]2[C@H]1[C@@H]1CCCCC1=C1CCCC[C@@H]12. The van der Waals surface area contributed by atoms with Crippen molar-refractivity contribution >= 4 is 5.97 Å². The predicted molar refractivity (Wildman–Crippen MR) is 97.8 cm³/mol. The Kier molecular flexibility index (Phi) is 3.59. The Morgan fingerprint density at radius 3 is 2.28 bits per heavy atom. The number of rotatable bonds is 1. The molecule has 3 fully saturated rings. The molecule has 0 amide bonds. The second kappa shape index (κ2) is 5.72. The summed E-state index contributed by atoms with van der Waals surface area (Å²) in [4.78, 5) is 13.1. The van der Waals surface area contributed by atoms with Crippen molar-refractivity contribution in [1.82, 2.24) is 0 Å². The first-order valence-electron chi connectivity index (χ1n) is 10.2. The van der Waals surface area contributed by atoms with E-state index in [1.54, 1.807) is 11.1 Å². The second-order valence-electron chi connectivity index (χ2n) is 8.70. The van der Waals surface area contributed by atoms with E-state index in [-0.39, 0.29) is 11.9 Å². The molecule has 1 aliphatic heterocycles. The molecule has 5 rings (SSSR count). The molecular formula is C23H28O2. The van der Waals surface area contributed by atoms with Gasteiger partial charge in [0, 0.05) is 5.92 Å². The average Bonchev–Trinajstić information content (AvgIpc) is 2.95. The summed E-state index contributed by atoms with van der Waals surface area (Å²) in [5.74, 6) is 1.50. The molecule has 2 nitrogen and oxygen atoms in total. The number of ether oxygens (including phenoxy) is 1. The molecule has 1 aromatic rings. The molecule has 2 heteroatoms. The summed E-state index contributed by atoms with van der Waals surface area (Å²) >= 11 is 0. The maximum absolute atomic E-state index is 13.1. The van der Waals surface area contributed by atoms with Gasteiger partial charge in [0.05, 0.1) is 5.92 Å². The molecule has 0 bridgehead atoms. The van der Waals surface area contributed by atoms with Crippen molar-refractivity contribution in [3.8, 4) is 0 Å². The van der Waals surface area contributed by atoms with Gasteiger partial charge in [0.25, 0.3) is 0 Å². The first-order valence-corrected chi connectivity index (χ1v) is 10.2. The van der Waals surface area contributed by atoms with Gasteiger partial charge in [-0.25, -0.2) is 0 Å². The molecule has 2 saturated carbocycles. The van der Waals surface area contributed by atoms with Gasteiger partial charge in [-0.05, 0) is 62.8 Å². The van der Waals surface area contributed by atoms with Crippen LogP contribution in [0.1, 0.15) is 63.9 Å². The first kappa shape index (κ1) is 15.7. The van der Waals surface area contributed by atoms with Crippen molar-refractivity contribution in [2.45, 2.75) is 63.9 Å². The van der Waals surface area contributed by atoms with Crippen LogP contribution in [0.25, 0.3) is 0 Å². The first-order chi connectivity index (χ1) is 12.2. The molecule has 0 aromatic heterocycles. The molecule has 3 aliphatic carbocycles. The number of hydrogen-bond acceptors (Lipinski definition) is 2. The minimum absolute atomic E-state index is 0.0744. The normalized spacial score (nSPS) is 40.1. The second-order valence-corrected chi connectivity index (χ2v) is 8.70. The molecule has 0 spiro atoms. The van der Waals surface area contributed by atoms with E-state index in [4.69, 9.17) is 4.74 Å². The van der Waals surface area contributed by atoms with Gasteiger partial charge < -0.3 is 4.74 Å². The van der Waals surface area contributed by atoms with Crippen LogP contribution in [0.5, 0.6) is 0 Å². The molecule has 1 saturated heterocycles. The Morgan fingerprint density at radius 2 is 1.56 bits per heavy atom. The molecule has 1 heterocycles. The van der Waals surface area contributed by atoms with Crippen LogP contribution in [0.4, 0.5) is 0 Å². The van der Waals surface area contributed by atoms with Crippen LogP contribution < -0.4 is 0 Å². The van der Waals surface area contributed by atoms with Crippen molar-refractivity contribution in [3.05, 3.63) is 47.0 Å². The number of hydrogen-bond donors (Lipinski definition) is 0. The van der Waals surface area contributed by atoms with E-state index < -0.39 is 5.60 Å². The van der Waals surface area contributed by atoms with Crippen molar-refractivity contribution in [2.24, 2.45) is 23.7 Å². The zero-order valence-electron chi connectivity index (χ0n) is 15.2. The standard InChI is InChI=1S/C23H28O2/c1-23(15-9-3-2-4-10-15)21-19-14-8-6-12-17(19)16-11-5-7-13-18(16)20(21)22(24)25-23/h2-4,9-10,18-21H,5-8,11-14H2,1H3/t18-,19+,20-,21+,23-/m0/s1. The Morgan fingerprint density at radius 1 is 0.920 bits per heavy atom. The number of carbonyl (C=O) groups is 1. The van der Waals surface area contributed by atoms with Gasteiger partial charge in [-0.3, -0.25) is 4.79 Å². The molecule has 1 aromatic carbocycles. The van der Waals surface area contributed by atoms with Crippen molar-refractivity contribution in [1.29, 1.82) is 0 Å². The minimum Gasteiger partial charge on any atom is -0.454 e. The lowest BCUT2D eigenvalue weighted by Crippen LogP contribution is -2.45. The van der Waals surface area contributed by atoms with Crippen LogP contribution in [0, 0.1) is 23.7 Å². The smallest absolute Gasteiger partial charge is 0.310 e. The van der Waals surface area contributed by atoms with Gasteiger partial charge in [0.15, 0.2) is 0 Å². The highest BCUT2D eigenvalue weighted by molar-refractivity contribution is 5.78. The van der Waals surface area contributed by atoms with Crippen LogP contribution >= 0.6 is 0 Å². The molecular weight excluding hydrogens is 308 g/mol. The van der Waals surface area contributed by atoms with Crippen LogP contribution in [-0.4, -0.2) is 5.97 Å². The lowest BCUT2D eigenvalue weighted by Gasteiger charge is -2.48. The Bertz CT molecular complexity index is 719. The van der Waals surface area contributed by atoms with E-state index >= 15 is 0 Å². The molecule has 4 aliphatic rings. The minimum atomic E-state index is -0.459. The summed E-state index contributed by atoms with van der Waals surface area (Å²) < 4.78 is 6.21. The van der Waals surface area contributed by atoms with E-state index in [0.29, 0.717) is 17.8 Å². The van der Waals surface area contributed by atoms with Crippen LogP contribution in [0.3, 0.4) is 0 Å². The molecule has 0 unspecified atom stereocenters. The molecule has 0 N–H and O–H groups in total. The largest absolute Gasteiger partial charge is 0.454 e. The number of esters is 1. The van der Waals surface area contributed by atoms with Gasteiger partial charge >= 0.3 is 5.97 Å². The Hall–Kier alpha value is -1.57. The summed E-state index contributed by atoms with van der Waals surface area (Å²) in [7, 11) is 0. The Balaban J connectivity index is 1.66. The maximum atomic E-state index is 13.1. The third-order valence-corrected chi connectivity index (χ3v) is 7.55. The van der Waals surface area contributed by atoms with Crippen molar-refractivity contribution < 1.29 is 9.53 Å². The number of carbonyl (C=O) groups excluding carboxylic acids is 1. The third kappa shape index (κ3) is 2.19. The topological polar surface area (TPSA) is 26.3 Å². The average molecular weight is 336 g/mol. The maximum Gasteiger partial charge on any atom is 0.310 e. The Labute approximate surface area is 150 Å². The molecule has 25 heavy (non-hydrogen) atoms. The summed E-state index contributed by atoms with van der Waals surface area (Å²) in [6.07, 6.45) is 10.1.